The molecule has 1 aromatic heterocycles. The van der Waals surface area contributed by atoms with Gasteiger partial charge in [-0.1, -0.05) is 12.1 Å². The van der Waals surface area contributed by atoms with Crippen LogP contribution in [0.4, 0.5) is 11.5 Å². The number of benzene rings is 1. The Labute approximate surface area is 193 Å². The van der Waals surface area contributed by atoms with Gasteiger partial charge in [-0.05, 0) is 30.9 Å². The SMILES string of the molecule is N#Cc1cccc(-c2ncc3c(n2)N2CCOC[C@H]2CN3CC(=O)NCC2CCOCC2)c1. The van der Waals surface area contributed by atoms with E-state index < -0.39 is 0 Å². The van der Waals surface area contributed by atoms with Crippen molar-refractivity contribution in [1.82, 2.24) is 15.3 Å². The van der Waals surface area contributed by atoms with Crippen LogP contribution in [0.15, 0.2) is 30.5 Å². The lowest BCUT2D eigenvalue weighted by atomic mass is 10.0. The topological polar surface area (TPSA) is 104 Å². The van der Waals surface area contributed by atoms with E-state index in [2.05, 4.69) is 26.2 Å². The molecule has 1 atom stereocenters. The molecule has 0 unspecified atom stereocenters. The van der Waals surface area contributed by atoms with Crippen molar-refractivity contribution in [2.75, 3.05) is 62.4 Å². The minimum Gasteiger partial charge on any atom is -0.381 e. The van der Waals surface area contributed by atoms with E-state index in [1.807, 2.05) is 12.1 Å². The molecule has 9 heteroatoms. The van der Waals surface area contributed by atoms with Crippen LogP contribution >= 0.6 is 0 Å². The second-order valence-electron chi connectivity index (χ2n) is 8.76. The Morgan fingerprint density at radius 2 is 2.12 bits per heavy atom. The Bertz CT molecular complexity index is 1050. The van der Waals surface area contributed by atoms with E-state index in [1.165, 1.54) is 0 Å². The van der Waals surface area contributed by atoms with E-state index in [0.717, 1.165) is 49.7 Å². The molecule has 5 rings (SSSR count). The number of hydrogen-bond acceptors (Lipinski definition) is 8. The Balaban J connectivity index is 1.37. The normalized spacial score (nSPS) is 20.5. The predicted octanol–water partition coefficient (Wildman–Crippen LogP) is 1.58. The first-order valence-electron chi connectivity index (χ1n) is 11.5. The summed E-state index contributed by atoms with van der Waals surface area (Å²) in [5, 5.41) is 12.3. The summed E-state index contributed by atoms with van der Waals surface area (Å²) < 4.78 is 11.1. The van der Waals surface area contributed by atoms with Crippen molar-refractivity contribution in [2.45, 2.75) is 18.9 Å². The number of anilines is 2. The zero-order chi connectivity index (χ0) is 22.6. The van der Waals surface area contributed by atoms with Gasteiger partial charge >= 0.3 is 0 Å². The maximum absolute atomic E-state index is 12.8. The third-order valence-corrected chi connectivity index (χ3v) is 6.53. The van der Waals surface area contributed by atoms with E-state index in [4.69, 9.17) is 14.5 Å². The minimum atomic E-state index is 0.00316. The maximum Gasteiger partial charge on any atom is 0.239 e. The summed E-state index contributed by atoms with van der Waals surface area (Å²) in [7, 11) is 0. The summed E-state index contributed by atoms with van der Waals surface area (Å²) in [6.07, 6.45) is 3.78. The van der Waals surface area contributed by atoms with Gasteiger partial charge in [0, 0.05) is 38.4 Å². The zero-order valence-corrected chi connectivity index (χ0v) is 18.6. The van der Waals surface area contributed by atoms with Gasteiger partial charge in [0.05, 0.1) is 49.3 Å². The van der Waals surface area contributed by atoms with Crippen LogP contribution in [-0.4, -0.2) is 74.5 Å². The molecule has 1 N–H and O–H groups in total. The Hall–Kier alpha value is -3.22. The van der Waals surface area contributed by atoms with Crippen LogP contribution in [0.1, 0.15) is 18.4 Å². The fourth-order valence-electron chi connectivity index (χ4n) is 4.69. The standard InChI is InChI=1S/C24H28N6O3/c25-11-18-2-1-3-19(10-18)23-27-13-21-24(28-23)30-6-9-33-16-20(30)14-29(21)15-22(31)26-12-17-4-7-32-8-5-17/h1-3,10,13,17,20H,4-9,12,14-16H2,(H,26,31)/t20-/m1/s1. The van der Waals surface area contributed by atoms with Gasteiger partial charge in [0.15, 0.2) is 11.6 Å². The van der Waals surface area contributed by atoms with Crippen molar-refractivity contribution in [3.05, 3.63) is 36.0 Å². The van der Waals surface area contributed by atoms with Crippen LogP contribution in [0.5, 0.6) is 0 Å². The summed E-state index contributed by atoms with van der Waals surface area (Å²) in [5.74, 6) is 1.87. The minimum absolute atomic E-state index is 0.00316. The maximum atomic E-state index is 12.8. The summed E-state index contributed by atoms with van der Waals surface area (Å²) in [6.45, 7) is 5.16. The van der Waals surface area contributed by atoms with Crippen LogP contribution in [0.2, 0.25) is 0 Å². The van der Waals surface area contributed by atoms with Crippen molar-refractivity contribution in [3.63, 3.8) is 0 Å². The number of morpholine rings is 1. The first-order valence-corrected chi connectivity index (χ1v) is 11.5. The number of carbonyl (C=O) groups excluding carboxylic acids is 1. The molecule has 9 nitrogen and oxygen atoms in total. The van der Waals surface area contributed by atoms with Crippen molar-refractivity contribution in [3.8, 4) is 17.5 Å². The monoisotopic (exact) mass is 448 g/mol. The van der Waals surface area contributed by atoms with Crippen LogP contribution in [0.25, 0.3) is 11.4 Å². The molecule has 0 spiro atoms. The summed E-state index contributed by atoms with van der Waals surface area (Å²) in [5.41, 5.74) is 2.23. The zero-order valence-electron chi connectivity index (χ0n) is 18.6. The lowest BCUT2D eigenvalue weighted by Gasteiger charge is -2.45. The Kier molecular flexibility index (Phi) is 6.37. The molecule has 2 aromatic rings. The van der Waals surface area contributed by atoms with Gasteiger partial charge < -0.3 is 24.6 Å². The molecule has 3 aliphatic rings. The number of nitriles is 1. The number of carbonyl (C=O) groups is 1. The molecule has 0 radical (unpaired) electrons. The first-order chi connectivity index (χ1) is 16.2. The highest BCUT2D eigenvalue weighted by atomic mass is 16.5. The number of amides is 1. The fraction of sp³-hybridized carbons (Fsp3) is 0.500. The van der Waals surface area contributed by atoms with Gasteiger partial charge in [-0.2, -0.15) is 5.26 Å². The predicted molar refractivity (Wildman–Crippen MR) is 123 cm³/mol. The van der Waals surface area contributed by atoms with Crippen LogP contribution in [0.3, 0.4) is 0 Å². The molecular formula is C24H28N6O3. The van der Waals surface area contributed by atoms with Gasteiger partial charge in [0.1, 0.15) is 0 Å². The van der Waals surface area contributed by atoms with Gasteiger partial charge in [-0.15, -0.1) is 0 Å². The number of aromatic nitrogens is 2. The van der Waals surface area contributed by atoms with E-state index >= 15 is 0 Å². The first kappa shape index (κ1) is 21.6. The smallest absolute Gasteiger partial charge is 0.239 e. The largest absolute Gasteiger partial charge is 0.381 e. The highest BCUT2D eigenvalue weighted by Crippen LogP contribution is 2.35. The van der Waals surface area contributed by atoms with Gasteiger partial charge in [-0.3, -0.25) is 4.79 Å². The molecular weight excluding hydrogens is 420 g/mol. The molecule has 172 valence electrons. The molecule has 0 saturated carbocycles. The number of ether oxygens (including phenoxy) is 2. The van der Waals surface area contributed by atoms with Crippen molar-refractivity contribution in [2.24, 2.45) is 5.92 Å². The van der Waals surface area contributed by atoms with E-state index in [9.17, 15) is 10.1 Å². The molecule has 1 aromatic carbocycles. The second-order valence-corrected chi connectivity index (χ2v) is 8.76. The van der Waals surface area contributed by atoms with Crippen molar-refractivity contribution < 1.29 is 14.3 Å². The fourth-order valence-corrected chi connectivity index (χ4v) is 4.69. The number of fused-ring (bicyclic) bond motifs is 3. The molecule has 3 aliphatic heterocycles. The van der Waals surface area contributed by atoms with Crippen molar-refractivity contribution >= 4 is 17.4 Å². The second kappa shape index (κ2) is 9.73. The molecule has 0 bridgehead atoms. The van der Waals surface area contributed by atoms with E-state index in [-0.39, 0.29) is 18.5 Å². The van der Waals surface area contributed by atoms with Crippen LogP contribution < -0.4 is 15.1 Å². The summed E-state index contributed by atoms with van der Waals surface area (Å²) in [6, 6.07) is 9.60. The van der Waals surface area contributed by atoms with Gasteiger partial charge in [0.25, 0.3) is 0 Å². The molecule has 2 fully saturated rings. The van der Waals surface area contributed by atoms with Crippen LogP contribution in [-0.2, 0) is 14.3 Å². The van der Waals surface area contributed by atoms with E-state index in [1.54, 1.807) is 18.3 Å². The summed E-state index contributed by atoms with van der Waals surface area (Å²) in [4.78, 5) is 26.6. The number of rotatable bonds is 5. The lowest BCUT2D eigenvalue weighted by Crippen LogP contribution is -2.57. The Morgan fingerprint density at radius 3 is 2.97 bits per heavy atom. The average molecular weight is 449 g/mol. The third-order valence-electron chi connectivity index (χ3n) is 6.53. The molecule has 2 saturated heterocycles. The average Bonchev–Trinajstić information content (AvgIpc) is 2.88. The number of hydrogen-bond donors (Lipinski definition) is 1. The van der Waals surface area contributed by atoms with Gasteiger partial charge in [0.2, 0.25) is 5.91 Å². The quantitative estimate of drug-likeness (QED) is 0.736. The molecule has 33 heavy (non-hydrogen) atoms. The molecule has 0 aliphatic carbocycles. The van der Waals surface area contributed by atoms with Crippen molar-refractivity contribution in [1.29, 1.82) is 5.26 Å². The highest BCUT2D eigenvalue weighted by molar-refractivity contribution is 5.84. The summed E-state index contributed by atoms with van der Waals surface area (Å²) >= 11 is 0. The third kappa shape index (κ3) is 4.77. The highest BCUT2D eigenvalue weighted by Gasteiger charge is 2.35. The number of nitrogens with one attached hydrogen (secondary N) is 1. The molecule has 4 heterocycles. The number of nitrogens with zero attached hydrogens (tertiary/aromatic N) is 5. The molecule has 1 amide bonds. The van der Waals surface area contributed by atoms with E-state index in [0.29, 0.717) is 43.6 Å². The van der Waals surface area contributed by atoms with Gasteiger partial charge in [-0.25, -0.2) is 9.97 Å². The van der Waals surface area contributed by atoms with Crippen LogP contribution in [0, 0.1) is 17.2 Å². The lowest BCUT2D eigenvalue weighted by molar-refractivity contribution is -0.120. The Morgan fingerprint density at radius 1 is 1.24 bits per heavy atom.